The molecule has 0 aromatic rings. The van der Waals surface area contributed by atoms with E-state index in [1.807, 2.05) is 0 Å². The van der Waals surface area contributed by atoms with Crippen molar-refractivity contribution in [3.63, 3.8) is 0 Å². The summed E-state index contributed by atoms with van der Waals surface area (Å²) in [5.74, 6) is -1.26. The van der Waals surface area contributed by atoms with Crippen LogP contribution >= 0.6 is 0 Å². The smallest absolute Gasteiger partial charge is 0.336 e. The lowest BCUT2D eigenvalue weighted by Gasteiger charge is -2.37. The monoisotopic (exact) mass is 219 g/mol. The van der Waals surface area contributed by atoms with Crippen molar-refractivity contribution in [3.8, 4) is 0 Å². The second-order valence-corrected chi connectivity index (χ2v) is 3.96. The standard InChI is InChI=1S/C9H17NO5/c1-9(14,8(12)13)6-10-2-3-15-5-7(10)4-11/h7,11,14H,2-6H2,1H3,(H,12,13). The number of aliphatic hydroxyl groups is 2. The van der Waals surface area contributed by atoms with Gasteiger partial charge >= 0.3 is 5.97 Å². The number of morpholine rings is 1. The fraction of sp³-hybridized carbons (Fsp3) is 0.889. The van der Waals surface area contributed by atoms with Crippen LogP contribution in [-0.4, -0.2) is 70.7 Å². The molecule has 0 bridgehead atoms. The Morgan fingerprint density at radius 1 is 1.67 bits per heavy atom. The number of nitrogens with zero attached hydrogens (tertiary/aromatic N) is 1. The first-order valence-electron chi connectivity index (χ1n) is 4.86. The van der Waals surface area contributed by atoms with E-state index in [0.29, 0.717) is 19.8 Å². The van der Waals surface area contributed by atoms with Crippen molar-refractivity contribution >= 4 is 5.97 Å². The van der Waals surface area contributed by atoms with Crippen molar-refractivity contribution in [1.29, 1.82) is 0 Å². The number of aliphatic carboxylic acids is 1. The van der Waals surface area contributed by atoms with E-state index in [1.54, 1.807) is 4.90 Å². The van der Waals surface area contributed by atoms with E-state index in [9.17, 15) is 9.90 Å². The number of rotatable bonds is 4. The van der Waals surface area contributed by atoms with Crippen molar-refractivity contribution in [3.05, 3.63) is 0 Å². The molecule has 6 nitrogen and oxygen atoms in total. The van der Waals surface area contributed by atoms with Gasteiger partial charge in [0.2, 0.25) is 0 Å². The molecule has 1 aliphatic rings. The second-order valence-electron chi connectivity index (χ2n) is 3.96. The Balaban J connectivity index is 2.58. The molecule has 1 rings (SSSR count). The summed E-state index contributed by atoms with van der Waals surface area (Å²) in [4.78, 5) is 12.5. The fourth-order valence-electron chi connectivity index (χ4n) is 1.53. The van der Waals surface area contributed by atoms with Crippen molar-refractivity contribution in [2.45, 2.75) is 18.6 Å². The molecule has 3 N–H and O–H groups in total. The lowest BCUT2D eigenvalue weighted by atomic mass is 10.1. The molecule has 15 heavy (non-hydrogen) atoms. The molecule has 88 valence electrons. The highest BCUT2D eigenvalue weighted by molar-refractivity contribution is 5.76. The third-order valence-electron chi connectivity index (χ3n) is 2.53. The average molecular weight is 219 g/mol. The molecule has 0 aliphatic carbocycles. The zero-order valence-corrected chi connectivity index (χ0v) is 8.72. The van der Waals surface area contributed by atoms with Gasteiger partial charge in [-0.3, -0.25) is 4.90 Å². The average Bonchev–Trinajstić information content (AvgIpc) is 2.18. The molecular formula is C9H17NO5. The molecule has 0 aromatic carbocycles. The van der Waals surface area contributed by atoms with E-state index in [0.717, 1.165) is 0 Å². The second kappa shape index (κ2) is 4.89. The summed E-state index contributed by atoms with van der Waals surface area (Å²) < 4.78 is 5.15. The number of hydrogen-bond donors (Lipinski definition) is 3. The molecule has 0 amide bonds. The molecule has 6 heteroatoms. The lowest BCUT2D eigenvalue weighted by molar-refractivity contribution is -0.161. The van der Waals surface area contributed by atoms with Gasteiger partial charge in [0.15, 0.2) is 5.60 Å². The summed E-state index contributed by atoms with van der Waals surface area (Å²) in [5, 5.41) is 27.4. The van der Waals surface area contributed by atoms with Crippen molar-refractivity contribution in [1.82, 2.24) is 4.90 Å². The molecule has 1 aliphatic heterocycles. The molecule has 2 unspecified atom stereocenters. The van der Waals surface area contributed by atoms with Crippen molar-refractivity contribution in [2.24, 2.45) is 0 Å². The molecule has 0 saturated carbocycles. The maximum absolute atomic E-state index is 10.7. The Morgan fingerprint density at radius 2 is 2.33 bits per heavy atom. The van der Waals surface area contributed by atoms with Crippen LogP contribution in [0.25, 0.3) is 0 Å². The Labute approximate surface area is 88.1 Å². The highest BCUT2D eigenvalue weighted by Gasteiger charge is 2.35. The Morgan fingerprint density at radius 3 is 2.87 bits per heavy atom. The van der Waals surface area contributed by atoms with Crippen LogP contribution < -0.4 is 0 Å². The largest absolute Gasteiger partial charge is 0.479 e. The number of ether oxygens (including phenoxy) is 1. The number of carbonyl (C=O) groups is 1. The van der Waals surface area contributed by atoms with Crippen molar-refractivity contribution < 1.29 is 24.9 Å². The lowest BCUT2D eigenvalue weighted by Crippen LogP contribution is -2.55. The Bertz CT molecular complexity index is 231. The third-order valence-corrected chi connectivity index (χ3v) is 2.53. The maximum atomic E-state index is 10.7. The van der Waals surface area contributed by atoms with Gasteiger partial charge in [-0.15, -0.1) is 0 Å². The van der Waals surface area contributed by atoms with Crippen LogP contribution in [0.2, 0.25) is 0 Å². The molecule has 1 heterocycles. The number of carboxylic acids is 1. The summed E-state index contributed by atoms with van der Waals surface area (Å²) in [6.45, 7) is 2.53. The first-order chi connectivity index (χ1) is 6.97. The van der Waals surface area contributed by atoms with E-state index in [1.165, 1.54) is 6.92 Å². The minimum Gasteiger partial charge on any atom is -0.479 e. The SMILES string of the molecule is CC(O)(CN1CCOCC1CO)C(=O)O. The van der Waals surface area contributed by atoms with Crippen LogP contribution in [0.1, 0.15) is 6.92 Å². The number of carboxylic acid groups (broad SMARTS) is 1. The minimum absolute atomic E-state index is 0.00306. The van der Waals surface area contributed by atoms with E-state index in [2.05, 4.69) is 0 Å². The summed E-state index contributed by atoms with van der Waals surface area (Å²) >= 11 is 0. The summed E-state index contributed by atoms with van der Waals surface area (Å²) in [6.07, 6.45) is 0. The van der Waals surface area contributed by atoms with Crippen LogP contribution in [0, 0.1) is 0 Å². The Hall–Kier alpha value is -0.690. The van der Waals surface area contributed by atoms with Gasteiger partial charge in [-0.25, -0.2) is 4.79 Å². The van der Waals surface area contributed by atoms with Crippen LogP contribution in [0.15, 0.2) is 0 Å². The van der Waals surface area contributed by atoms with Crippen molar-refractivity contribution in [2.75, 3.05) is 32.9 Å². The van der Waals surface area contributed by atoms with Gasteiger partial charge in [-0.2, -0.15) is 0 Å². The molecule has 0 radical (unpaired) electrons. The molecule has 1 saturated heterocycles. The first-order valence-corrected chi connectivity index (χ1v) is 4.86. The topological polar surface area (TPSA) is 90.2 Å². The first kappa shape index (κ1) is 12.4. The van der Waals surface area contributed by atoms with E-state index < -0.39 is 11.6 Å². The van der Waals surface area contributed by atoms with Gasteiger partial charge in [-0.1, -0.05) is 0 Å². The highest BCUT2D eigenvalue weighted by Crippen LogP contribution is 2.12. The number of aliphatic hydroxyl groups excluding tert-OH is 1. The summed E-state index contributed by atoms with van der Waals surface area (Å²) in [6, 6.07) is -0.232. The Kier molecular flexibility index (Phi) is 4.04. The molecule has 1 fully saturated rings. The summed E-state index contributed by atoms with van der Waals surface area (Å²) in [5.41, 5.74) is -1.79. The molecule has 0 spiro atoms. The predicted octanol–water partition coefficient (Wildman–Crippen LogP) is -1.48. The predicted molar refractivity (Wildman–Crippen MR) is 51.5 cm³/mol. The maximum Gasteiger partial charge on any atom is 0.336 e. The van der Waals surface area contributed by atoms with E-state index in [-0.39, 0.29) is 19.2 Å². The zero-order chi connectivity index (χ0) is 11.5. The van der Waals surface area contributed by atoms with Crippen LogP contribution in [0.5, 0.6) is 0 Å². The van der Waals surface area contributed by atoms with Gasteiger partial charge in [0.05, 0.1) is 25.9 Å². The summed E-state index contributed by atoms with van der Waals surface area (Å²) in [7, 11) is 0. The fourth-order valence-corrected chi connectivity index (χ4v) is 1.53. The molecule has 0 aromatic heterocycles. The van der Waals surface area contributed by atoms with Crippen LogP contribution in [-0.2, 0) is 9.53 Å². The third kappa shape index (κ3) is 3.13. The molecular weight excluding hydrogens is 202 g/mol. The van der Waals surface area contributed by atoms with Gasteiger partial charge < -0.3 is 20.1 Å². The number of β-amino-alcohol motifs (C(OH)–C–C–N with tert-alkyl or cyclic N) is 1. The van der Waals surface area contributed by atoms with Gasteiger partial charge in [-0.05, 0) is 6.92 Å². The van der Waals surface area contributed by atoms with Crippen LogP contribution in [0.4, 0.5) is 0 Å². The van der Waals surface area contributed by atoms with Crippen LogP contribution in [0.3, 0.4) is 0 Å². The molecule has 2 atom stereocenters. The van der Waals surface area contributed by atoms with Gasteiger partial charge in [0.1, 0.15) is 0 Å². The van der Waals surface area contributed by atoms with E-state index in [4.69, 9.17) is 14.9 Å². The quantitative estimate of drug-likeness (QED) is 0.534. The van der Waals surface area contributed by atoms with Gasteiger partial charge in [0.25, 0.3) is 0 Å². The normalized spacial score (nSPS) is 27.3. The van der Waals surface area contributed by atoms with Gasteiger partial charge in [0, 0.05) is 13.1 Å². The number of hydrogen-bond acceptors (Lipinski definition) is 5. The zero-order valence-electron chi connectivity index (χ0n) is 8.72. The minimum atomic E-state index is -1.79. The van der Waals surface area contributed by atoms with E-state index >= 15 is 0 Å². The highest BCUT2D eigenvalue weighted by atomic mass is 16.5.